The van der Waals surface area contributed by atoms with Crippen LogP contribution in [0.1, 0.15) is 77.1 Å². The van der Waals surface area contributed by atoms with Gasteiger partial charge in [0.2, 0.25) is 0 Å². The van der Waals surface area contributed by atoms with Gasteiger partial charge in [-0.05, 0) is 60.3 Å². The summed E-state index contributed by atoms with van der Waals surface area (Å²) in [6.07, 6.45) is 6.42. The number of ether oxygens (including phenoxy) is 1. The van der Waals surface area contributed by atoms with Crippen LogP contribution < -0.4 is 0 Å². The van der Waals surface area contributed by atoms with Crippen LogP contribution in [0, 0.1) is 5.41 Å². The van der Waals surface area contributed by atoms with Crippen molar-refractivity contribution >= 4 is 17.5 Å². The van der Waals surface area contributed by atoms with Crippen LogP contribution in [-0.2, 0) is 14.3 Å². The fourth-order valence-electron chi connectivity index (χ4n) is 3.15. The molecule has 1 aromatic rings. The zero-order chi connectivity index (χ0) is 21.9. The van der Waals surface area contributed by atoms with E-state index in [2.05, 4.69) is 19.9 Å². The third-order valence-corrected chi connectivity index (χ3v) is 4.93. The van der Waals surface area contributed by atoms with Gasteiger partial charge in [-0.1, -0.05) is 53.6 Å². The van der Waals surface area contributed by atoms with E-state index in [1.54, 1.807) is 31.2 Å². The molecule has 0 saturated carbocycles. The van der Waals surface area contributed by atoms with Gasteiger partial charge in [0.15, 0.2) is 5.78 Å². The molecule has 4 nitrogen and oxygen atoms in total. The van der Waals surface area contributed by atoms with Crippen molar-refractivity contribution in [2.75, 3.05) is 6.61 Å². The first-order valence-electron chi connectivity index (χ1n) is 10.3. The maximum atomic E-state index is 13.5. The Morgan fingerprint density at radius 3 is 2.17 bits per heavy atom. The molecular formula is C25H34O4. The van der Waals surface area contributed by atoms with Crippen LogP contribution >= 0.6 is 0 Å². The highest BCUT2D eigenvalue weighted by molar-refractivity contribution is 6.12. The van der Waals surface area contributed by atoms with Crippen LogP contribution in [0.25, 0.3) is 0 Å². The maximum Gasteiger partial charge on any atom is 0.320 e. The van der Waals surface area contributed by atoms with Crippen LogP contribution in [0.3, 0.4) is 0 Å². The van der Waals surface area contributed by atoms with Gasteiger partial charge in [0.25, 0.3) is 0 Å². The molecule has 29 heavy (non-hydrogen) atoms. The minimum atomic E-state index is -1.39. The number of carbonyl (C=O) groups excluding carboxylic acids is 3. The molecule has 0 radical (unpaired) electrons. The molecule has 0 fully saturated rings. The zero-order valence-corrected chi connectivity index (χ0v) is 18.4. The monoisotopic (exact) mass is 398 g/mol. The summed E-state index contributed by atoms with van der Waals surface area (Å²) in [5.41, 5.74) is 1.44. The molecule has 0 spiro atoms. The number of hydrogen-bond donors (Lipinski definition) is 0. The molecular weight excluding hydrogens is 364 g/mol. The SMILES string of the molecule is CCOC(=O)C(C/C=C(\C)CCC=C(C)C)(CCC(C)=O)C(=O)c1ccccc1. The number of carbonyl (C=O) groups is 3. The molecule has 1 aromatic carbocycles. The van der Waals surface area contributed by atoms with Crippen molar-refractivity contribution in [1.82, 2.24) is 0 Å². The summed E-state index contributed by atoms with van der Waals surface area (Å²) in [6.45, 7) is 9.51. The molecule has 158 valence electrons. The fourth-order valence-corrected chi connectivity index (χ4v) is 3.15. The van der Waals surface area contributed by atoms with Crippen molar-refractivity contribution in [3.63, 3.8) is 0 Å². The van der Waals surface area contributed by atoms with E-state index in [-0.39, 0.29) is 37.4 Å². The molecule has 1 atom stereocenters. The maximum absolute atomic E-state index is 13.5. The topological polar surface area (TPSA) is 60.4 Å². The van der Waals surface area contributed by atoms with Gasteiger partial charge in [0, 0.05) is 12.0 Å². The van der Waals surface area contributed by atoms with Crippen molar-refractivity contribution in [2.45, 2.75) is 66.7 Å². The van der Waals surface area contributed by atoms with Crippen LogP contribution in [-0.4, -0.2) is 24.1 Å². The third-order valence-electron chi connectivity index (χ3n) is 4.93. The first-order chi connectivity index (χ1) is 13.7. The molecule has 0 aliphatic heterocycles. The second-order valence-corrected chi connectivity index (χ2v) is 7.77. The molecule has 0 N–H and O–H groups in total. The van der Waals surface area contributed by atoms with Gasteiger partial charge in [-0.25, -0.2) is 0 Å². The number of hydrogen-bond acceptors (Lipinski definition) is 4. The molecule has 1 unspecified atom stereocenters. The Kier molecular flexibility index (Phi) is 10.3. The van der Waals surface area contributed by atoms with Crippen molar-refractivity contribution in [1.29, 1.82) is 0 Å². The Hall–Kier alpha value is -2.49. The van der Waals surface area contributed by atoms with E-state index < -0.39 is 11.4 Å². The normalized spacial score (nSPS) is 13.3. The van der Waals surface area contributed by atoms with Crippen molar-refractivity contribution in [2.24, 2.45) is 5.41 Å². The molecule has 0 heterocycles. The lowest BCUT2D eigenvalue weighted by Gasteiger charge is -2.29. The molecule has 0 saturated heterocycles. The highest BCUT2D eigenvalue weighted by atomic mass is 16.5. The van der Waals surface area contributed by atoms with E-state index in [4.69, 9.17) is 4.74 Å². The summed E-state index contributed by atoms with van der Waals surface area (Å²) >= 11 is 0. The molecule has 0 aromatic heterocycles. The summed E-state index contributed by atoms with van der Waals surface area (Å²) in [5, 5.41) is 0. The summed E-state index contributed by atoms with van der Waals surface area (Å²) in [7, 11) is 0. The van der Waals surface area contributed by atoms with Crippen LogP contribution in [0.4, 0.5) is 0 Å². The predicted octanol–water partition coefficient (Wildman–Crippen LogP) is 5.87. The Labute approximate surface area is 175 Å². The van der Waals surface area contributed by atoms with Gasteiger partial charge in [0.05, 0.1) is 6.61 Å². The number of allylic oxidation sites excluding steroid dienone is 4. The van der Waals surface area contributed by atoms with E-state index in [1.165, 1.54) is 12.5 Å². The van der Waals surface area contributed by atoms with E-state index in [0.29, 0.717) is 5.56 Å². The minimum absolute atomic E-state index is 0.0520. The van der Waals surface area contributed by atoms with Gasteiger partial charge in [0.1, 0.15) is 11.2 Å². The molecule has 0 aliphatic carbocycles. The average Bonchev–Trinajstić information content (AvgIpc) is 2.68. The first kappa shape index (κ1) is 24.5. The minimum Gasteiger partial charge on any atom is -0.465 e. The summed E-state index contributed by atoms with van der Waals surface area (Å²) in [6, 6.07) is 8.78. The Balaban J connectivity index is 3.28. The van der Waals surface area contributed by atoms with E-state index in [1.807, 2.05) is 19.1 Å². The highest BCUT2D eigenvalue weighted by Crippen LogP contribution is 2.36. The lowest BCUT2D eigenvalue weighted by molar-refractivity contribution is -0.152. The molecule has 0 aliphatic rings. The van der Waals surface area contributed by atoms with Crippen molar-refractivity contribution < 1.29 is 19.1 Å². The average molecular weight is 399 g/mol. The van der Waals surface area contributed by atoms with Gasteiger partial charge in [-0.15, -0.1) is 0 Å². The molecule has 0 amide bonds. The van der Waals surface area contributed by atoms with Crippen molar-refractivity contribution in [3.05, 3.63) is 59.2 Å². The third kappa shape index (κ3) is 7.80. The fraction of sp³-hybridized carbons (Fsp3) is 0.480. The van der Waals surface area contributed by atoms with Gasteiger partial charge in [-0.2, -0.15) is 0 Å². The van der Waals surface area contributed by atoms with Crippen molar-refractivity contribution in [3.8, 4) is 0 Å². The highest BCUT2D eigenvalue weighted by Gasteiger charge is 2.46. The molecule has 0 bridgehead atoms. The van der Waals surface area contributed by atoms with Crippen LogP contribution in [0.2, 0.25) is 0 Å². The Morgan fingerprint density at radius 1 is 0.966 bits per heavy atom. The quantitative estimate of drug-likeness (QED) is 0.191. The van der Waals surface area contributed by atoms with E-state index in [0.717, 1.165) is 18.4 Å². The van der Waals surface area contributed by atoms with Gasteiger partial charge >= 0.3 is 5.97 Å². The number of Topliss-reactive ketones (excluding diaryl/α,β-unsaturated/α-hetero) is 2. The standard InChI is InChI=1S/C25H34O4/c1-6-29-24(28)25(18-16-21(5)26,23(27)22-13-8-7-9-14-22)17-15-20(4)12-10-11-19(2)3/h7-9,11,13-15H,6,10,12,16-18H2,1-5H3/b20-15+. The predicted molar refractivity (Wildman–Crippen MR) is 117 cm³/mol. The summed E-state index contributed by atoms with van der Waals surface area (Å²) in [5.74, 6) is -0.890. The number of rotatable bonds is 12. The number of benzene rings is 1. The first-order valence-corrected chi connectivity index (χ1v) is 10.3. The summed E-state index contributed by atoms with van der Waals surface area (Å²) < 4.78 is 5.32. The lowest BCUT2D eigenvalue weighted by atomic mass is 9.73. The second-order valence-electron chi connectivity index (χ2n) is 7.77. The molecule has 4 heteroatoms. The lowest BCUT2D eigenvalue weighted by Crippen LogP contribution is -2.41. The van der Waals surface area contributed by atoms with Gasteiger partial charge < -0.3 is 9.53 Å². The van der Waals surface area contributed by atoms with Crippen LogP contribution in [0.15, 0.2) is 53.6 Å². The van der Waals surface area contributed by atoms with Gasteiger partial charge in [-0.3, -0.25) is 9.59 Å². The molecule has 1 rings (SSSR count). The van der Waals surface area contributed by atoms with E-state index in [9.17, 15) is 14.4 Å². The smallest absolute Gasteiger partial charge is 0.320 e. The second kappa shape index (κ2) is 12.2. The zero-order valence-electron chi connectivity index (χ0n) is 18.4. The Morgan fingerprint density at radius 2 is 1.62 bits per heavy atom. The number of esters is 1. The van der Waals surface area contributed by atoms with Crippen LogP contribution in [0.5, 0.6) is 0 Å². The Bertz CT molecular complexity index is 754. The largest absolute Gasteiger partial charge is 0.465 e. The van der Waals surface area contributed by atoms with E-state index >= 15 is 0 Å². The summed E-state index contributed by atoms with van der Waals surface area (Å²) in [4.78, 5) is 38.2. The number of ketones is 2.